The van der Waals surface area contributed by atoms with Gasteiger partial charge >= 0.3 is 0 Å². The predicted octanol–water partition coefficient (Wildman–Crippen LogP) is 4.51. The minimum Gasteiger partial charge on any atom is -0.484 e. The first kappa shape index (κ1) is 17.4. The quantitative estimate of drug-likeness (QED) is 0.677. The van der Waals surface area contributed by atoms with Gasteiger partial charge in [-0.3, -0.25) is 4.79 Å². The van der Waals surface area contributed by atoms with Crippen LogP contribution in [0.3, 0.4) is 0 Å². The summed E-state index contributed by atoms with van der Waals surface area (Å²) >= 11 is 1.62. The third-order valence-corrected chi connectivity index (χ3v) is 5.69. The van der Waals surface area contributed by atoms with Crippen LogP contribution < -0.4 is 4.74 Å². The molecule has 0 N–H and O–H groups in total. The molecule has 0 aliphatic rings. The summed E-state index contributed by atoms with van der Waals surface area (Å²) in [5.74, 6) is 0.655. The summed E-state index contributed by atoms with van der Waals surface area (Å²) in [6.07, 6.45) is 0. The Morgan fingerprint density at radius 3 is 2.68 bits per heavy atom. The van der Waals surface area contributed by atoms with Gasteiger partial charge in [0.05, 0.1) is 16.3 Å². The second-order valence-electron chi connectivity index (χ2n) is 6.24. The van der Waals surface area contributed by atoms with Crippen molar-refractivity contribution >= 4 is 27.5 Å². The predicted molar refractivity (Wildman–Crippen MR) is 102 cm³/mol. The number of thiazole rings is 1. The minimum absolute atomic E-state index is 0.0221. The summed E-state index contributed by atoms with van der Waals surface area (Å²) in [4.78, 5) is 18.8. The molecule has 0 saturated heterocycles. The lowest BCUT2D eigenvalue weighted by molar-refractivity contribution is -0.134. The Morgan fingerprint density at radius 1 is 1.20 bits per heavy atom. The van der Waals surface area contributed by atoms with Gasteiger partial charge in [0, 0.05) is 7.05 Å². The normalized spacial score (nSPS) is 12.2. The summed E-state index contributed by atoms with van der Waals surface area (Å²) in [6, 6.07) is 13.8. The summed E-state index contributed by atoms with van der Waals surface area (Å²) in [6.45, 7) is 6.10. The second-order valence-corrected chi connectivity index (χ2v) is 7.30. The van der Waals surface area contributed by atoms with E-state index in [-0.39, 0.29) is 18.6 Å². The van der Waals surface area contributed by atoms with E-state index in [1.807, 2.05) is 56.3 Å². The third-order valence-electron chi connectivity index (χ3n) is 4.48. The highest BCUT2D eigenvalue weighted by atomic mass is 32.1. The van der Waals surface area contributed by atoms with Crippen LogP contribution in [0.1, 0.15) is 29.1 Å². The van der Waals surface area contributed by atoms with Crippen LogP contribution in [-0.4, -0.2) is 29.4 Å². The number of nitrogens with zero attached hydrogens (tertiary/aromatic N) is 2. The molecule has 5 heteroatoms. The fourth-order valence-corrected chi connectivity index (χ4v) is 3.56. The van der Waals surface area contributed by atoms with Crippen LogP contribution in [0.15, 0.2) is 42.5 Å². The van der Waals surface area contributed by atoms with Crippen LogP contribution in [0, 0.1) is 13.8 Å². The number of carbonyl (C=O) groups is 1. The lowest BCUT2D eigenvalue weighted by Gasteiger charge is -2.23. The lowest BCUT2D eigenvalue weighted by atomic mass is 10.1. The van der Waals surface area contributed by atoms with Gasteiger partial charge in [0.25, 0.3) is 5.91 Å². The molecular weight excluding hydrogens is 332 g/mol. The topological polar surface area (TPSA) is 42.4 Å². The summed E-state index contributed by atoms with van der Waals surface area (Å²) in [7, 11) is 1.79. The number of hydrogen-bond donors (Lipinski definition) is 0. The van der Waals surface area contributed by atoms with Crippen molar-refractivity contribution in [1.29, 1.82) is 0 Å². The van der Waals surface area contributed by atoms with E-state index in [4.69, 9.17) is 4.74 Å². The highest BCUT2D eigenvalue weighted by Gasteiger charge is 2.21. The number of benzene rings is 2. The van der Waals surface area contributed by atoms with Crippen LogP contribution in [0.4, 0.5) is 0 Å². The number of aryl methyl sites for hydroxylation is 2. The molecule has 3 aromatic rings. The second kappa shape index (κ2) is 7.23. The van der Waals surface area contributed by atoms with Crippen molar-refractivity contribution in [3.05, 3.63) is 58.6 Å². The van der Waals surface area contributed by atoms with E-state index < -0.39 is 0 Å². The Morgan fingerprint density at radius 2 is 1.96 bits per heavy atom. The zero-order chi connectivity index (χ0) is 18.0. The number of likely N-dealkylation sites (N-methyl/N-ethyl adjacent to an activating group) is 1. The standard InChI is InChI=1S/C20H22N2O2S/c1-13-9-10-16(11-14(13)2)24-12-19(23)22(4)15(3)20-21-17-7-5-6-8-18(17)25-20/h5-11,15H,12H2,1-4H3/t15-/m0/s1. The van der Waals surface area contributed by atoms with Crippen LogP contribution in [0.2, 0.25) is 0 Å². The maximum absolute atomic E-state index is 12.5. The molecule has 130 valence electrons. The van der Waals surface area contributed by atoms with Crippen molar-refractivity contribution in [2.45, 2.75) is 26.8 Å². The van der Waals surface area contributed by atoms with Crippen molar-refractivity contribution in [3.63, 3.8) is 0 Å². The van der Waals surface area contributed by atoms with Crippen molar-refractivity contribution in [2.24, 2.45) is 0 Å². The number of ether oxygens (including phenoxy) is 1. The molecule has 0 fully saturated rings. The van der Waals surface area contributed by atoms with Crippen molar-refractivity contribution < 1.29 is 9.53 Å². The van der Waals surface area contributed by atoms with Crippen molar-refractivity contribution in [1.82, 2.24) is 9.88 Å². The van der Waals surface area contributed by atoms with Gasteiger partial charge in [-0.2, -0.15) is 0 Å². The van der Waals surface area contributed by atoms with Crippen LogP contribution in [0.5, 0.6) is 5.75 Å². The van der Waals surface area contributed by atoms with Gasteiger partial charge in [-0.25, -0.2) is 4.98 Å². The van der Waals surface area contributed by atoms with Gasteiger partial charge in [0.1, 0.15) is 10.8 Å². The number of para-hydroxylation sites is 1. The average molecular weight is 354 g/mol. The Balaban J connectivity index is 1.65. The SMILES string of the molecule is Cc1ccc(OCC(=O)N(C)[C@@H](C)c2nc3ccccc3s2)cc1C. The van der Waals surface area contributed by atoms with Crippen LogP contribution in [0.25, 0.3) is 10.2 Å². The molecule has 0 aliphatic heterocycles. The fourth-order valence-electron chi connectivity index (χ4n) is 2.50. The molecule has 25 heavy (non-hydrogen) atoms. The Kier molecular flexibility index (Phi) is 5.04. The van der Waals surface area contributed by atoms with E-state index in [0.29, 0.717) is 0 Å². The lowest BCUT2D eigenvalue weighted by Crippen LogP contribution is -2.33. The van der Waals surface area contributed by atoms with E-state index in [1.165, 1.54) is 5.56 Å². The van der Waals surface area contributed by atoms with E-state index in [9.17, 15) is 4.79 Å². The van der Waals surface area contributed by atoms with E-state index in [2.05, 4.69) is 11.9 Å². The zero-order valence-corrected chi connectivity index (χ0v) is 15.8. The number of rotatable bonds is 5. The van der Waals surface area contributed by atoms with E-state index in [1.54, 1.807) is 23.3 Å². The Hall–Kier alpha value is -2.40. The first-order valence-electron chi connectivity index (χ1n) is 8.27. The fraction of sp³-hybridized carbons (Fsp3) is 0.300. The summed E-state index contributed by atoms with van der Waals surface area (Å²) in [5.41, 5.74) is 3.34. The maximum Gasteiger partial charge on any atom is 0.260 e. The molecule has 0 radical (unpaired) electrons. The van der Waals surface area contributed by atoms with Crippen molar-refractivity contribution in [3.8, 4) is 5.75 Å². The largest absolute Gasteiger partial charge is 0.484 e. The number of fused-ring (bicyclic) bond motifs is 1. The molecular formula is C20H22N2O2S. The van der Waals surface area contributed by atoms with Gasteiger partial charge in [-0.15, -0.1) is 11.3 Å². The van der Waals surface area contributed by atoms with E-state index >= 15 is 0 Å². The number of aromatic nitrogens is 1. The van der Waals surface area contributed by atoms with Crippen LogP contribution in [-0.2, 0) is 4.79 Å². The van der Waals surface area contributed by atoms with Gasteiger partial charge < -0.3 is 9.64 Å². The number of carbonyl (C=O) groups excluding carboxylic acids is 1. The molecule has 4 nitrogen and oxygen atoms in total. The molecule has 0 spiro atoms. The number of hydrogen-bond acceptors (Lipinski definition) is 4. The minimum atomic E-state index is -0.0896. The molecule has 0 saturated carbocycles. The molecule has 1 atom stereocenters. The van der Waals surface area contributed by atoms with Crippen molar-refractivity contribution in [2.75, 3.05) is 13.7 Å². The molecule has 1 amide bonds. The monoisotopic (exact) mass is 354 g/mol. The average Bonchev–Trinajstić information content (AvgIpc) is 3.05. The smallest absolute Gasteiger partial charge is 0.260 e. The highest BCUT2D eigenvalue weighted by Crippen LogP contribution is 2.28. The summed E-state index contributed by atoms with van der Waals surface area (Å²) in [5, 5.41) is 0.934. The van der Waals surface area contributed by atoms with E-state index in [0.717, 1.165) is 26.5 Å². The third kappa shape index (κ3) is 3.82. The molecule has 1 heterocycles. The molecule has 1 aromatic heterocycles. The molecule has 0 unspecified atom stereocenters. The molecule has 3 rings (SSSR count). The molecule has 0 aliphatic carbocycles. The van der Waals surface area contributed by atoms with Gasteiger partial charge in [0.15, 0.2) is 6.61 Å². The first-order chi connectivity index (χ1) is 12.0. The number of amides is 1. The zero-order valence-electron chi connectivity index (χ0n) is 14.9. The molecule has 2 aromatic carbocycles. The first-order valence-corrected chi connectivity index (χ1v) is 9.08. The Labute approximate surface area is 152 Å². The van der Waals surface area contributed by atoms with Gasteiger partial charge in [-0.05, 0) is 56.2 Å². The van der Waals surface area contributed by atoms with Crippen LogP contribution >= 0.6 is 11.3 Å². The highest BCUT2D eigenvalue weighted by molar-refractivity contribution is 7.18. The van der Waals surface area contributed by atoms with Gasteiger partial charge in [0.2, 0.25) is 0 Å². The maximum atomic E-state index is 12.5. The summed E-state index contributed by atoms with van der Waals surface area (Å²) < 4.78 is 6.80. The van der Waals surface area contributed by atoms with Gasteiger partial charge in [-0.1, -0.05) is 18.2 Å². The molecule has 0 bridgehead atoms. The Bertz CT molecular complexity index is 871.